The summed E-state index contributed by atoms with van der Waals surface area (Å²) in [7, 11) is 1.23. The largest absolute Gasteiger partial charge is 0.467 e. The Balaban J connectivity index is 1.99. The van der Waals surface area contributed by atoms with E-state index in [9.17, 15) is 14.4 Å². The second-order valence-electron chi connectivity index (χ2n) is 7.34. The van der Waals surface area contributed by atoms with E-state index < -0.39 is 23.3 Å². The SMILES string of the molecule is COC(=O)[C@@H](C)n1c(=O)c2ccccc2n(Cc2nsc3cc(C)cc(C)c23)c1=O. The van der Waals surface area contributed by atoms with Crippen LogP contribution in [0.15, 0.2) is 46.0 Å². The minimum Gasteiger partial charge on any atom is -0.467 e. The number of methoxy groups -OCH3 is 1. The molecule has 0 fully saturated rings. The van der Waals surface area contributed by atoms with Gasteiger partial charge in [0.05, 0.1) is 35.0 Å². The molecule has 154 valence electrons. The first-order chi connectivity index (χ1) is 14.3. The summed E-state index contributed by atoms with van der Waals surface area (Å²) in [5.74, 6) is -0.651. The fourth-order valence-corrected chi connectivity index (χ4v) is 4.85. The topological polar surface area (TPSA) is 83.2 Å². The highest BCUT2D eigenvalue weighted by Crippen LogP contribution is 2.28. The minimum absolute atomic E-state index is 0.192. The second kappa shape index (κ2) is 7.53. The van der Waals surface area contributed by atoms with Gasteiger partial charge in [0.15, 0.2) is 0 Å². The van der Waals surface area contributed by atoms with Crippen molar-refractivity contribution < 1.29 is 9.53 Å². The summed E-state index contributed by atoms with van der Waals surface area (Å²) in [4.78, 5) is 38.5. The molecule has 0 saturated heterocycles. The number of ether oxygens (including phenoxy) is 1. The molecule has 0 radical (unpaired) electrons. The number of benzene rings is 2. The van der Waals surface area contributed by atoms with Gasteiger partial charge in [-0.05, 0) is 61.6 Å². The number of hydrogen-bond acceptors (Lipinski definition) is 6. The van der Waals surface area contributed by atoms with E-state index in [1.807, 2.05) is 13.8 Å². The smallest absolute Gasteiger partial charge is 0.332 e. The molecule has 2 aromatic carbocycles. The summed E-state index contributed by atoms with van der Waals surface area (Å²) >= 11 is 1.39. The molecule has 0 aliphatic carbocycles. The number of aryl methyl sites for hydroxylation is 2. The van der Waals surface area contributed by atoms with E-state index in [-0.39, 0.29) is 6.54 Å². The molecule has 2 heterocycles. The van der Waals surface area contributed by atoms with Crippen molar-refractivity contribution in [3.63, 3.8) is 0 Å². The van der Waals surface area contributed by atoms with Gasteiger partial charge in [0.25, 0.3) is 5.56 Å². The Morgan fingerprint density at radius 3 is 2.67 bits per heavy atom. The molecule has 0 unspecified atom stereocenters. The van der Waals surface area contributed by atoms with Crippen LogP contribution in [0.1, 0.15) is 29.8 Å². The van der Waals surface area contributed by atoms with Gasteiger partial charge in [0.2, 0.25) is 0 Å². The molecule has 30 heavy (non-hydrogen) atoms. The Morgan fingerprint density at radius 2 is 1.93 bits per heavy atom. The summed E-state index contributed by atoms with van der Waals surface area (Å²) in [6.07, 6.45) is 0. The number of carbonyl (C=O) groups is 1. The number of esters is 1. The van der Waals surface area contributed by atoms with E-state index in [4.69, 9.17) is 4.74 Å². The van der Waals surface area contributed by atoms with E-state index in [1.54, 1.807) is 24.3 Å². The number of hydrogen-bond donors (Lipinski definition) is 0. The summed E-state index contributed by atoms with van der Waals surface area (Å²) in [5.41, 5.74) is 2.42. The van der Waals surface area contributed by atoms with Crippen LogP contribution in [-0.2, 0) is 16.1 Å². The average Bonchev–Trinajstić information content (AvgIpc) is 3.13. The van der Waals surface area contributed by atoms with Crippen molar-refractivity contribution in [2.75, 3.05) is 7.11 Å². The van der Waals surface area contributed by atoms with Gasteiger partial charge < -0.3 is 4.74 Å². The van der Waals surface area contributed by atoms with Gasteiger partial charge in [0.1, 0.15) is 6.04 Å². The van der Waals surface area contributed by atoms with Crippen molar-refractivity contribution in [3.8, 4) is 0 Å². The fourth-order valence-electron chi connectivity index (χ4n) is 3.89. The molecular weight excluding hydrogens is 402 g/mol. The molecule has 0 aliphatic heterocycles. The third-order valence-corrected chi connectivity index (χ3v) is 6.14. The molecule has 0 saturated carbocycles. The first-order valence-corrected chi connectivity index (χ1v) is 10.3. The van der Waals surface area contributed by atoms with E-state index in [2.05, 4.69) is 16.5 Å². The van der Waals surface area contributed by atoms with Gasteiger partial charge in [-0.3, -0.25) is 9.36 Å². The highest BCUT2D eigenvalue weighted by molar-refractivity contribution is 7.13. The summed E-state index contributed by atoms with van der Waals surface area (Å²) < 4.78 is 12.9. The van der Waals surface area contributed by atoms with Crippen LogP contribution in [-0.4, -0.2) is 26.6 Å². The van der Waals surface area contributed by atoms with Crippen LogP contribution in [0, 0.1) is 13.8 Å². The average molecular weight is 423 g/mol. The molecular formula is C22H21N3O4S. The van der Waals surface area contributed by atoms with Crippen molar-refractivity contribution in [3.05, 3.63) is 74.1 Å². The zero-order valence-corrected chi connectivity index (χ0v) is 17.9. The van der Waals surface area contributed by atoms with Crippen LogP contribution in [0.3, 0.4) is 0 Å². The van der Waals surface area contributed by atoms with Crippen LogP contribution in [0.5, 0.6) is 0 Å². The highest BCUT2D eigenvalue weighted by atomic mass is 32.1. The van der Waals surface area contributed by atoms with Crippen molar-refractivity contribution in [1.29, 1.82) is 0 Å². The molecule has 8 heteroatoms. The predicted octanol–water partition coefficient (Wildman–Crippen LogP) is 3.17. The maximum atomic E-state index is 13.4. The Hall–Kier alpha value is -3.26. The molecule has 0 bridgehead atoms. The Kier molecular flexibility index (Phi) is 5.03. The first kappa shape index (κ1) is 20.0. The first-order valence-electron chi connectivity index (χ1n) is 9.51. The molecule has 0 N–H and O–H groups in total. The number of nitrogens with zero attached hydrogens (tertiary/aromatic N) is 3. The number of carbonyl (C=O) groups excluding carboxylic acids is 1. The standard InChI is InChI=1S/C22H21N3O4S/c1-12-9-13(2)19-16(23-30-18(19)10-12)11-24-17-8-6-5-7-15(17)20(26)25(22(24)28)14(3)21(27)29-4/h5-10,14H,11H2,1-4H3/t14-/m1/s1. The minimum atomic E-state index is -1.04. The zero-order chi connectivity index (χ0) is 21.6. The fraction of sp³-hybridized carbons (Fsp3) is 0.273. The molecule has 0 spiro atoms. The number of aromatic nitrogens is 3. The van der Waals surface area contributed by atoms with Gasteiger partial charge in [0, 0.05) is 5.39 Å². The van der Waals surface area contributed by atoms with Crippen molar-refractivity contribution >= 4 is 38.5 Å². The van der Waals surface area contributed by atoms with E-state index in [0.717, 1.165) is 31.5 Å². The lowest BCUT2D eigenvalue weighted by molar-refractivity contribution is -0.144. The van der Waals surface area contributed by atoms with E-state index in [1.165, 1.54) is 30.1 Å². The van der Waals surface area contributed by atoms with Crippen molar-refractivity contribution in [2.45, 2.75) is 33.4 Å². The molecule has 0 amide bonds. The third-order valence-electron chi connectivity index (χ3n) is 5.30. The molecule has 4 aromatic rings. The zero-order valence-electron chi connectivity index (χ0n) is 17.1. The normalized spacial score (nSPS) is 12.4. The van der Waals surface area contributed by atoms with E-state index in [0.29, 0.717) is 10.9 Å². The quantitative estimate of drug-likeness (QED) is 0.471. The highest BCUT2D eigenvalue weighted by Gasteiger charge is 2.23. The van der Waals surface area contributed by atoms with Gasteiger partial charge in [-0.2, -0.15) is 4.37 Å². The van der Waals surface area contributed by atoms with Crippen LogP contribution >= 0.6 is 11.5 Å². The Labute approximate surface area is 176 Å². The van der Waals surface area contributed by atoms with Gasteiger partial charge >= 0.3 is 11.7 Å². The van der Waals surface area contributed by atoms with Crippen molar-refractivity contribution in [1.82, 2.24) is 13.5 Å². The molecule has 1 atom stereocenters. The Bertz CT molecular complexity index is 1410. The number of rotatable bonds is 4. The lowest BCUT2D eigenvalue weighted by atomic mass is 10.1. The summed E-state index contributed by atoms with van der Waals surface area (Å²) in [6.45, 7) is 5.73. The maximum absolute atomic E-state index is 13.4. The van der Waals surface area contributed by atoms with Crippen molar-refractivity contribution in [2.24, 2.45) is 0 Å². The molecule has 2 aromatic heterocycles. The lowest BCUT2D eigenvalue weighted by Gasteiger charge is -2.17. The van der Waals surface area contributed by atoms with Gasteiger partial charge in [-0.1, -0.05) is 18.2 Å². The van der Waals surface area contributed by atoms with Crippen LogP contribution in [0.25, 0.3) is 21.0 Å². The van der Waals surface area contributed by atoms with Crippen LogP contribution < -0.4 is 11.2 Å². The van der Waals surface area contributed by atoms with Crippen LogP contribution in [0.2, 0.25) is 0 Å². The molecule has 7 nitrogen and oxygen atoms in total. The van der Waals surface area contributed by atoms with Gasteiger partial charge in [-0.25, -0.2) is 14.2 Å². The third kappa shape index (κ3) is 3.13. The molecule has 0 aliphatic rings. The Morgan fingerprint density at radius 1 is 1.20 bits per heavy atom. The monoisotopic (exact) mass is 423 g/mol. The summed E-state index contributed by atoms with van der Waals surface area (Å²) in [5, 5.41) is 1.38. The van der Waals surface area contributed by atoms with Crippen LogP contribution in [0.4, 0.5) is 0 Å². The van der Waals surface area contributed by atoms with Gasteiger partial charge in [-0.15, -0.1) is 0 Å². The summed E-state index contributed by atoms with van der Waals surface area (Å²) in [6, 6.07) is 10.0. The second-order valence-corrected chi connectivity index (χ2v) is 8.15. The van der Waals surface area contributed by atoms with E-state index >= 15 is 0 Å². The lowest BCUT2D eigenvalue weighted by Crippen LogP contribution is -2.44. The number of fused-ring (bicyclic) bond motifs is 2. The number of para-hydroxylation sites is 1. The predicted molar refractivity (Wildman–Crippen MR) is 117 cm³/mol. The maximum Gasteiger partial charge on any atom is 0.332 e. The molecule has 4 rings (SSSR count).